The van der Waals surface area contributed by atoms with Gasteiger partial charge in [-0.25, -0.2) is 13.4 Å². The first kappa shape index (κ1) is 17.8. The van der Waals surface area contributed by atoms with Gasteiger partial charge in [-0.15, -0.1) is 0 Å². The molecule has 1 atom stereocenters. The quantitative estimate of drug-likeness (QED) is 0.708. The molecule has 146 valence electrons. The summed E-state index contributed by atoms with van der Waals surface area (Å²) in [5, 5.41) is 8.05. The van der Waals surface area contributed by atoms with E-state index in [2.05, 4.69) is 15.4 Å². The Morgan fingerprint density at radius 2 is 2.04 bits per heavy atom. The number of amides is 1. The largest absolute Gasteiger partial charge is 0.296 e. The normalized spacial score (nSPS) is 20.9. The summed E-state index contributed by atoms with van der Waals surface area (Å²) in [5.74, 6) is 0.0383. The van der Waals surface area contributed by atoms with E-state index in [1.54, 1.807) is 0 Å². The van der Waals surface area contributed by atoms with Gasteiger partial charge in [-0.3, -0.25) is 14.8 Å². The van der Waals surface area contributed by atoms with Crippen molar-refractivity contribution < 1.29 is 13.2 Å². The predicted octanol–water partition coefficient (Wildman–Crippen LogP) is 2.98. The van der Waals surface area contributed by atoms with Crippen LogP contribution in [-0.4, -0.2) is 40.6 Å². The predicted molar refractivity (Wildman–Crippen MR) is 109 cm³/mol. The smallest absolute Gasteiger partial charge is 0.278 e. The molecule has 0 spiro atoms. The molecule has 1 amide bonds. The number of anilines is 1. The number of nitrogens with one attached hydrogen (secondary N) is 1. The van der Waals surface area contributed by atoms with Crippen LogP contribution in [0.3, 0.4) is 0 Å². The molecule has 1 fully saturated rings. The van der Waals surface area contributed by atoms with Crippen LogP contribution in [0.25, 0.3) is 10.2 Å². The molecule has 2 aliphatic rings. The minimum atomic E-state index is -3.01. The van der Waals surface area contributed by atoms with E-state index in [1.165, 1.54) is 11.3 Å². The van der Waals surface area contributed by atoms with E-state index in [0.29, 0.717) is 17.2 Å². The number of aromatic nitrogens is 3. The van der Waals surface area contributed by atoms with Crippen molar-refractivity contribution in [2.45, 2.75) is 38.1 Å². The molecule has 0 radical (unpaired) electrons. The Bertz CT molecular complexity index is 1150. The third kappa shape index (κ3) is 3.12. The summed E-state index contributed by atoms with van der Waals surface area (Å²) < 4.78 is 26.7. The minimum Gasteiger partial charge on any atom is -0.296 e. The lowest BCUT2D eigenvalue weighted by Gasteiger charge is -2.17. The second-order valence-electron chi connectivity index (χ2n) is 7.42. The van der Waals surface area contributed by atoms with Crippen molar-refractivity contribution in [2.24, 2.45) is 0 Å². The van der Waals surface area contributed by atoms with Gasteiger partial charge in [-0.05, 0) is 44.2 Å². The first-order valence-electron chi connectivity index (χ1n) is 9.48. The van der Waals surface area contributed by atoms with Crippen LogP contribution in [0, 0.1) is 0 Å². The van der Waals surface area contributed by atoms with Crippen LogP contribution in [0.2, 0.25) is 0 Å². The van der Waals surface area contributed by atoms with Gasteiger partial charge in [0, 0.05) is 11.3 Å². The van der Waals surface area contributed by atoms with Crippen LogP contribution in [0.4, 0.5) is 5.13 Å². The Morgan fingerprint density at radius 1 is 1.21 bits per heavy atom. The topological polar surface area (TPSA) is 93.9 Å². The number of benzene rings is 1. The highest BCUT2D eigenvalue weighted by Gasteiger charge is 2.34. The Balaban J connectivity index is 1.48. The molecule has 9 heteroatoms. The molecule has 0 saturated carbocycles. The second kappa shape index (κ2) is 6.66. The van der Waals surface area contributed by atoms with Crippen LogP contribution in [0.5, 0.6) is 0 Å². The fourth-order valence-electron chi connectivity index (χ4n) is 4.16. The van der Waals surface area contributed by atoms with Crippen LogP contribution in [0.1, 0.15) is 47.1 Å². The molecule has 5 rings (SSSR count). The summed E-state index contributed by atoms with van der Waals surface area (Å²) in [6.07, 6.45) is 4.26. The van der Waals surface area contributed by atoms with Crippen molar-refractivity contribution in [1.29, 1.82) is 0 Å². The maximum atomic E-state index is 13.0. The number of hydrogen-bond acceptors (Lipinski definition) is 6. The molecule has 1 aliphatic carbocycles. The number of para-hydroxylation sites is 1. The molecule has 3 heterocycles. The number of carbonyl (C=O) groups excluding carboxylic acids is 1. The highest BCUT2D eigenvalue weighted by atomic mass is 32.2. The van der Waals surface area contributed by atoms with E-state index in [1.807, 2.05) is 28.9 Å². The molecule has 1 aromatic carbocycles. The van der Waals surface area contributed by atoms with E-state index in [-0.39, 0.29) is 23.5 Å². The molecule has 3 aromatic rings. The maximum absolute atomic E-state index is 13.0. The zero-order chi connectivity index (χ0) is 19.3. The van der Waals surface area contributed by atoms with Gasteiger partial charge >= 0.3 is 0 Å². The van der Waals surface area contributed by atoms with Crippen molar-refractivity contribution in [1.82, 2.24) is 14.8 Å². The Kier molecular flexibility index (Phi) is 4.24. The van der Waals surface area contributed by atoms with Gasteiger partial charge in [0.15, 0.2) is 20.7 Å². The lowest BCUT2D eigenvalue weighted by molar-refractivity contribution is 0.102. The molecular formula is C19H20N4O3S2. The Labute approximate surface area is 166 Å². The molecule has 1 aliphatic heterocycles. The summed E-state index contributed by atoms with van der Waals surface area (Å²) in [7, 11) is -3.01. The average Bonchev–Trinajstić information content (AvgIpc) is 3.35. The van der Waals surface area contributed by atoms with Gasteiger partial charge in [0.05, 0.1) is 27.8 Å². The average molecular weight is 417 g/mol. The van der Waals surface area contributed by atoms with Crippen molar-refractivity contribution in [3.05, 3.63) is 41.2 Å². The summed E-state index contributed by atoms with van der Waals surface area (Å²) in [6, 6.07) is 7.58. The van der Waals surface area contributed by atoms with Crippen molar-refractivity contribution in [3.8, 4) is 0 Å². The second-order valence-corrected chi connectivity index (χ2v) is 10.7. The molecule has 28 heavy (non-hydrogen) atoms. The highest BCUT2D eigenvalue weighted by Crippen LogP contribution is 2.32. The molecule has 0 unspecified atom stereocenters. The molecule has 0 bridgehead atoms. The number of thiazole rings is 1. The fraction of sp³-hybridized carbons (Fsp3) is 0.421. The number of carbonyl (C=O) groups is 1. The highest BCUT2D eigenvalue weighted by molar-refractivity contribution is 7.91. The number of hydrogen-bond donors (Lipinski definition) is 1. The molecular weight excluding hydrogens is 396 g/mol. The van der Waals surface area contributed by atoms with Gasteiger partial charge in [0.25, 0.3) is 5.91 Å². The van der Waals surface area contributed by atoms with Gasteiger partial charge in [-0.1, -0.05) is 23.5 Å². The van der Waals surface area contributed by atoms with E-state index < -0.39 is 9.84 Å². The lowest BCUT2D eigenvalue weighted by atomic mass is 9.95. The van der Waals surface area contributed by atoms with Crippen molar-refractivity contribution >= 4 is 42.4 Å². The van der Waals surface area contributed by atoms with Gasteiger partial charge < -0.3 is 0 Å². The number of rotatable bonds is 3. The first-order valence-corrected chi connectivity index (χ1v) is 12.1. The summed E-state index contributed by atoms with van der Waals surface area (Å²) in [6.45, 7) is 0. The number of sulfone groups is 1. The van der Waals surface area contributed by atoms with E-state index in [9.17, 15) is 13.2 Å². The zero-order valence-electron chi connectivity index (χ0n) is 15.2. The van der Waals surface area contributed by atoms with E-state index >= 15 is 0 Å². The maximum Gasteiger partial charge on any atom is 0.278 e. The molecule has 2 aromatic heterocycles. The SMILES string of the molecule is O=C(Nc1nc2ccccc2s1)c1nn([C@@H]2CCS(=O)(=O)C2)c2c1CCCC2. The first-order chi connectivity index (χ1) is 13.5. The van der Waals surface area contributed by atoms with Crippen LogP contribution in [0.15, 0.2) is 24.3 Å². The summed E-state index contributed by atoms with van der Waals surface area (Å²) in [5.41, 5.74) is 3.27. The van der Waals surface area contributed by atoms with Gasteiger partial charge in [0.2, 0.25) is 0 Å². The van der Waals surface area contributed by atoms with Crippen LogP contribution >= 0.6 is 11.3 Å². The molecule has 1 saturated heterocycles. The number of fused-ring (bicyclic) bond motifs is 2. The molecule has 1 N–H and O–H groups in total. The van der Waals surface area contributed by atoms with Crippen LogP contribution in [-0.2, 0) is 22.7 Å². The van der Waals surface area contributed by atoms with E-state index in [0.717, 1.165) is 47.2 Å². The van der Waals surface area contributed by atoms with Gasteiger partial charge in [-0.2, -0.15) is 5.10 Å². The van der Waals surface area contributed by atoms with E-state index in [4.69, 9.17) is 0 Å². The summed E-state index contributed by atoms with van der Waals surface area (Å²) in [4.78, 5) is 17.4. The van der Waals surface area contributed by atoms with Crippen molar-refractivity contribution in [3.63, 3.8) is 0 Å². The van der Waals surface area contributed by atoms with Crippen LogP contribution < -0.4 is 5.32 Å². The standard InChI is InChI=1S/C19H20N4O3S2/c24-18(21-19-20-14-6-2-4-8-16(14)27-19)17-13-5-1-3-7-15(13)23(22-17)12-9-10-28(25,26)11-12/h2,4,6,8,12H,1,3,5,7,9-11H2,(H,20,21,24)/t12-/m1/s1. The number of nitrogens with zero attached hydrogens (tertiary/aromatic N) is 3. The van der Waals surface area contributed by atoms with Crippen molar-refractivity contribution in [2.75, 3.05) is 16.8 Å². The summed E-state index contributed by atoms with van der Waals surface area (Å²) >= 11 is 1.43. The lowest BCUT2D eigenvalue weighted by Crippen LogP contribution is -2.17. The monoisotopic (exact) mass is 416 g/mol. The minimum absolute atomic E-state index is 0.111. The fourth-order valence-corrected chi connectivity index (χ4v) is 6.71. The molecule has 7 nitrogen and oxygen atoms in total. The Hall–Kier alpha value is -2.26. The van der Waals surface area contributed by atoms with Gasteiger partial charge in [0.1, 0.15) is 0 Å². The third-order valence-electron chi connectivity index (χ3n) is 5.49. The third-order valence-corrected chi connectivity index (χ3v) is 8.19. The Morgan fingerprint density at radius 3 is 2.82 bits per heavy atom. The zero-order valence-corrected chi connectivity index (χ0v) is 16.9.